The Hall–Kier alpha value is -2.34. The highest BCUT2D eigenvalue weighted by atomic mass is 16.4. The van der Waals surface area contributed by atoms with E-state index in [1.807, 2.05) is 6.07 Å². The average molecular weight is 248 g/mol. The molecule has 18 heavy (non-hydrogen) atoms. The minimum atomic E-state index is -0.965. The smallest absolute Gasteiger partial charge is 0.417 e. The van der Waals surface area contributed by atoms with Crippen molar-refractivity contribution in [1.29, 1.82) is 0 Å². The molecule has 2 aromatic rings. The lowest BCUT2D eigenvalue weighted by Gasteiger charge is -2.01. The fourth-order valence-corrected chi connectivity index (χ4v) is 1.56. The molecule has 0 aliphatic heterocycles. The lowest BCUT2D eigenvalue weighted by molar-refractivity contribution is -0.131. The maximum Gasteiger partial charge on any atom is 0.417 e. The molecule has 1 aromatic carbocycles. The van der Waals surface area contributed by atoms with Crippen LogP contribution in [0.3, 0.4) is 0 Å². The Morgan fingerprint density at radius 1 is 1.50 bits per heavy atom. The molecule has 0 radical (unpaired) electrons. The van der Waals surface area contributed by atoms with E-state index in [-0.39, 0.29) is 0 Å². The number of aromatic amines is 1. The van der Waals surface area contributed by atoms with E-state index in [0.29, 0.717) is 24.2 Å². The molecule has 94 valence electrons. The number of oxazole rings is 1. The molecule has 2 rings (SSSR count). The first-order chi connectivity index (χ1) is 8.65. The first-order valence-corrected chi connectivity index (χ1v) is 5.37. The summed E-state index contributed by atoms with van der Waals surface area (Å²) in [6.45, 7) is 1.02. The Balaban J connectivity index is 1.95. The normalized spacial score (nSPS) is 11.3. The largest absolute Gasteiger partial charge is 0.478 e. The van der Waals surface area contributed by atoms with Crippen LogP contribution in [0.4, 0.5) is 0 Å². The van der Waals surface area contributed by atoms with Crippen LogP contribution in [0.5, 0.6) is 0 Å². The van der Waals surface area contributed by atoms with Gasteiger partial charge in [0.1, 0.15) is 0 Å². The molecule has 0 unspecified atom stereocenters. The monoisotopic (exact) mass is 248 g/mol. The van der Waals surface area contributed by atoms with E-state index in [4.69, 9.17) is 9.52 Å². The number of rotatable bonds is 5. The predicted octanol–water partition coefficient (Wildman–Crippen LogP) is 0.851. The number of aromatic nitrogens is 1. The van der Waals surface area contributed by atoms with Crippen molar-refractivity contribution in [2.45, 2.75) is 6.54 Å². The van der Waals surface area contributed by atoms with Gasteiger partial charge in [-0.1, -0.05) is 12.1 Å². The third-order valence-electron chi connectivity index (χ3n) is 2.34. The lowest BCUT2D eigenvalue weighted by atomic mass is 10.2. The Morgan fingerprint density at radius 2 is 2.33 bits per heavy atom. The van der Waals surface area contributed by atoms with E-state index >= 15 is 0 Å². The van der Waals surface area contributed by atoms with Gasteiger partial charge < -0.3 is 14.8 Å². The number of fused-ring (bicyclic) bond motifs is 1. The molecular weight excluding hydrogens is 236 g/mol. The second-order valence-electron chi connectivity index (χ2n) is 3.72. The van der Waals surface area contributed by atoms with E-state index < -0.39 is 11.7 Å². The van der Waals surface area contributed by atoms with Crippen molar-refractivity contribution in [1.82, 2.24) is 10.3 Å². The summed E-state index contributed by atoms with van der Waals surface area (Å²) in [7, 11) is 0. The zero-order valence-electron chi connectivity index (χ0n) is 9.47. The molecule has 0 atom stereocenters. The first kappa shape index (κ1) is 12.1. The average Bonchev–Trinajstić information content (AvgIpc) is 2.67. The number of carboxylic acids is 1. The van der Waals surface area contributed by atoms with Crippen LogP contribution in [-0.2, 0) is 11.3 Å². The maximum absolute atomic E-state index is 11.0. The molecule has 0 bridgehead atoms. The van der Waals surface area contributed by atoms with Gasteiger partial charge in [-0.3, -0.25) is 4.98 Å². The summed E-state index contributed by atoms with van der Waals surface area (Å²) in [5, 5.41) is 11.4. The predicted molar refractivity (Wildman–Crippen MR) is 65.3 cm³/mol. The zero-order valence-corrected chi connectivity index (χ0v) is 9.47. The second kappa shape index (κ2) is 5.33. The number of carboxylic acid groups (broad SMARTS) is 1. The quantitative estimate of drug-likeness (QED) is 0.538. The van der Waals surface area contributed by atoms with Crippen LogP contribution in [0.1, 0.15) is 5.56 Å². The van der Waals surface area contributed by atoms with Crippen molar-refractivity contribution in [3.8, 4) is 0 Å². The molecule has 6 heteroatoms. The molecule has 6 nitrogen and oxygen atoms in total. The van der Waals surface area contributed by atoms with Gasteiger partial charge in [-0.2, -0.15) is 0 Å². The van der Waals surface area contributed by atoms with E-state index in [1.54, 1.807) is 12.1 Å². The van der Waals surface area contributed by atoms with Crippen LogP contribution in [0, 0.1) is 0 Å². The maximum atomic E-state index is 11.0. The summed E-state index contributed by atoms with van der Waals surface area (Å²) < 4.78 is 4.94. The van der Waals surface area contributed by atoms with Gasteiger partial charge in [0.2, 0.25) is 0 Å². The molecular formula is C12H12N2O4. The molecule has 0 amide bonds. The number of carbonyl (C=O) groups is 1. The minimum Gasteiger partial charge on any atom is -0.478 e. The Labute approximate surface area is 102 Å². The van der Waals surface area contributed by atoms with E-state index in [2.05, 4.69) is 10.3 Å². The van der Waals surface area contributed by atoms with Crippen molar-refractivity contribution in [3.05, 3.63) is 46.5 Å². The van der Waals surface area contributed by atoms with E-state index in [1.165, 1.54) is 6.08 Å². The van der Waals surface area contributed by atoms with Crippen LogP contribution in [0.2, 0.25) is 0 Å². The third kappa shape index (κ3) is 3.08. The number of hydrogen-bond acceptors (Lipinski definition) is 4. The Morgan fingerprint density at radius 3 is 3.11 bits per heavy atom. The van der Waals surface area contributed by atoms with Crippen LogP contribution in [0.15, 0.2) is 39.6 Å². The number of aliphatic carboxylic acids is 1. The summed E-state index contributed by atoms with van der Waals surface area (Å²) in [6.07, 6.45) is 2.61. The third-order valence-corrected chi connectivity index (χ3v) is 2.34. The fourth-order valence-electron chi connectivity index (χ4n) is 1.56. The van der Waals surface area contributed by atoms with Crippen molar-refractivity contribution < 1.29 is 14.3 Å². The number of hydrogen-bond donors (Lipinski definition) is 3. The molecule has 0 saturated carbocycles. The molecule has 1 aromatic heterocycles. The standard InChI is InChI=1S/C12H12N2O4/c15-11(16)2-1-5-13-7-8-3-4-9-10(6-8)18-12(17)14-9/h1-4,6,13H,5,7H2,(H,14,17)(H,15,16)/b2-1+. The van der Waals surface area contributed by atoms with Gasteiger partial charge >= 0.3 is 11.7 Å². The Bertz CT molecular complexity index is 639. The summed E-state index contributed by atoms with van der Waals surface area (Å²) >= 11 is 0. The van der Waals surface area contributed by atoms with Gasteiger partial charge in [-0.25, -0.2) is 9.59 Å². The first-order valence-electron chi connectivity index (χ1n) is 5.37. The number of H-pyrrole nitrogens is 1. The highest BCUT2D eigenvalue weighted by Crippen LogP contribution is 2.11. The van der Waals surface area contributed by atoms with Crippen molar-refractivity contribution in [2.75, 3.05) is 6.54 Å². The van der Waals surface area contributed by atoms with Crippen LogP contribution >= 0.6 is 0 Å². The second-order valence-corrected chi connectivity index (χ2v) is 3.72. The van der Waals surface area contributed by atoms with E-state index in [0.717, 1.165) is 11.6 Å². The van der Waals surface area contributed by atoms with Gasteiger partial charge in [0, 0.05) is 19.2 Å². The summed E-state index contributed by atoms with van der Waals surface area (Å²) in [4.78, 5) is 23.7. The fraction of sp³-hybridized carbons (Fsp3) is 0.167. The van der Waals surface area contributed by atoms with Crippen molar-refractivity contribution >= 4 is 17.1 Å². The van der Waals surface area contributed by atoms with Gasteiger partial charge in [0.05, 0.1) is 5.52 Å². The van der Waals surface area contributed by atoms with Crippen LogP contribution < -0.4 is 11.1 Å². The molecule has 0 fully saturated rings. The summed E-state index contributed by atoms with van der Waals surface area (Å²) in [5.74, 6) is -1.44. The SMILES string of the molecule is O=C(O)/C=C/CNCc1ccc2[nH]c(=O)oc2c1. The van der Waals surface area contributed by atoms with E-state index in [9.17, 15) is 9.59 Å². The van der Waals surface area contributed by atoms with Crippen molar-refractivity contribution in [2.24, 2.45) is 0 Å². The zero-order chi connectivity index (χ0) is 13.0. The molecule has 0 aliphatic rings. The topological polar surface area (TPSA) is 95.3 Å². The van der Waals surface area contributed by atoms with Gasteiger partial charge in [0.15, 0.2) is 5.58 Å². The van der Waals surface area contributed by atoms with Gasteiger partial charge in [0.25, 0.3) is 0 Å². The molecule has 0 aliphatic carbocycles. The summed E-state index contributed by atoms with van der Waals surface area (Å²) in [5.41, 5.74) is 2.13. The highest BCUT2D eigenvalue weighted by Gasteiger charge is 2.01. The molecule has 3 N–H and O–H groups in total. The minimum absolute atomic E-state index is 0.460. The van der Waals surface area contributed by atoms with Crippen molar-refractivity contribution in [3.63, 3.8) is 0 Å². The molecule has 1 heterocycles. The lowest BCUT2D eigenvalue weighted by Crippen LogP contribution is -2.13. The van der Waals surface area contributed by atoms with Crippen LogP contribution in [0.25, 0.3) is 11.1 Å². The summed E-state index contributed by atoms with van der Waals surface area (Å²) in [6, 6.07) is 5.40. The number of benzene rings is 1. The highest BCUT2D eigenvalue weighted by molar-refractivity contribution is 5.79. The number of nitrogens with one attached hydrogen (secondary N) is 2. The van der Waals surface area contributed by atoms with Gasteiger partial charge in [-0.05, 0) is 17.7 Å². The van der Waals surface area contributed by atoms with Gasteiger partial charge in [-0.15, -0.1) is 0 Å². The van der Waals surface area contributed by atoms with Crippen LogP contribution in [-0.4, -0.2) is 22.6 Å². The Kier molecular flexibility index (Phi) is 3.59. The molecule has 0 spiro atoms. The molecule has 0 saturated heterocycles.